The molecule has 4 rings (SSSR count). The summed E-state index contributed by atoms with van der Waals surface area (Å²) in [5.74, 6) is -1.41. The Balaban J connectivity index is 2.01. The topological polar surface area (TPSA) is 72.8 Å². The number of rotatable bonds is 1. The van der Waals surface area contributed by atoms with Crippen LogP contribution in [0.4, 0.5) is 8.78 Å². The van der Waals surface area contributed by atoms with Crippen molar-refractivity contribution in [1.82, 2.24) is 19.5 Å². The average Bonchev–Trinajstić information content (AvgIpc) is 2.86. The van der Waals surface area contributed by atoms with Gasteiger partial charge in [-0.15, -0.1) is 0 Å². The van der Waals surface area contributed by atoms with Gasteiger partial charge in [-0.2, -0.15) is 0 Å². The van der Waals surface area contributed by atoms with Crippen LogP contribution in [0.2, 0.25) is 0 Å². The van der Waals surface area contributed by atoms with Crippen LogP contribution in [0, 0.1) is 11.6 Å². The van der Waals surface area contributed by atoms with E-state index in [2.05, 4.69) is 15.0 Å². The van der Waals surface area contributed by atoms with Crippen molar-refractivity contribution in [2.24, 2.45) is 0 Å². The van der Waals surface area contributed by atoms with Crippen molar-refractivity contribution in [3.8, 4) is 5.75 Å². The summed E-state index contributed by atoms with van der Waals surface area (Å²) in [6.45, 7) is 0.183. The molecule has 0 spiro atoms. The molecule has 6 nitrogen and oxygen atoms in total. The van der Waals surface area contributed by atoms with Crippen LogP contribution in [-0.2, 0) is 0 Å². The van der Waals surface area contributed by atoms with E-state index in [0.29, 0.717) is 17.6 Å². The standard InChI is InChI=1S/C14H10F2N4O2/c15-7-1-2-8(16)12-11(7)10(3-4-22-12)20-13-9(19-14(20)21)5-17-6-18-13/h1-2,5-6,10H,3-4H2,(H,19,21)/t10-/m1/s1. The zero-order valence-electron chi connectivity index (χ0n) is 11.2. The number of hydrogen-bond acceptors (Lipinski definition) is 4. The van der Waals surface area contributed by atoms with Gasteiger partial charge in [0.1, 0.15) is 17.7 Å². The van der Waals surface area contributed by atoms with E-state index in [0.717, 1.165) is 12.1 Å². The van der Waals surface area contributed by atoms with Gasteiger partial charge in [0, 0.05) is 6.42 Å². The average molecular weight is 304 g/mol. The molecule has 1 N–H and O–H groups in total. The van der Waals surface area contributed by atoms with Crippen molar-refractivity contribution < 1.29 is 13.5 Å². The van der Waals surface area contributed by atoms with E-state index in [1.807, 2.05) is 0 Å². The van der Waals surface area contributed by atoms with Crippen LogP contribution in [0.15, 0.2) is 29.5 Å². The lowest BCUT2D eigenvalue weighted by Crippen LogP contribution is -2.29. The first kappa shape index (κ1) is 12.9. The lowest BCUT2D eigenvalue weighted by molar-refractivity contribution is 0.238. The molecule has 1 atom stereocenters. The molecule has 3 aromatic rings. The van der Waals surface area contributed by atoms with Crippen LogP contribution in [0.1, 0.15) is 18.0 Å². The number of halogens is 2. The van der Waals surface area contributed by atoms with E-state index in [4.69, 9.17) is 4.74 Å². The Morgan fingerprint density at radius 2 is 2.14 bits per heavy atom. The van der Waals surface area contributed by atoms with Gasteiger partial charge in [0.15, 0.2) is 17.2 Å². The highest BCUT2D eigenvalue weighted by molar-refractivity contribution is 5.69. The van der Waals surface area contributed by atoms with Crippen LogP contribution in [-0.4, -0.2) is 26.1 Å². The summed E-state index contributed by atoms with van der Waals surface area (Å²) < 4.78 is 34.7. The minimum atomic E-state index is -0.685. The third-order valence-corrected chi connectivity index (χ3v) is 3.76. The van der Waals surface area contributed by atoms with Crippen molar-refractivity contribution in [2.45, 2.75) is 12.5 Å². The normalized spacial score (nSPS) is 17.3. The highest BCUT2D eigenvalue weighted by Gasteiger charge is 2.31. The molecule has 1 aromatic carbocycles. The summed E-state index contributed by atoms with van der Waals surface area (Å²) in [6.07, 6.45) is 3.10. The number of benzene rings is 1. The molecule has 3 heterocycles. The van der Waals surface area contributed by atoms with Crippen molar-refractivity contribution in [3.63, 3.8) is 0 Å². The molecule has 1 aliphatic heterocycles. The summed E-state index contributed by atoms with van der Waals surface area (Å²) in [7, 11) is 0. The van der Waals surface area contributed by atoms with Gasteiger partial charge in [-0.25, -0.2) is 23.5 Å². The highest BCUT2D eigenvalue weighted by Crippen LogP contribution is 2.38. The summed E-state index contributed by atoms with van der Waals surface area (Å²) in [5.41, 5.74) is 0.378. The number of nitrogens with zero attached hydrogens (tertiary/aromatic N) is 3. The van der Waals surface area contributed by atoms with Gasteiger partial charge in [0.2, 0.25) is 0 Å². The van der Waals surface area contributed by atoms with Crippen molar-refractivity contribution >= 4 is 11.2 Å². The third-order valence-electron chi connectivity index (χ3n) is 3.76. The smallest absolute Gasteiger partial charge is 0.328 e. The van der Waals surface area contributed by atoms with Crippen molar-refractivity contribution in [3.05, 3.63) is 52.3 Å². The molecule has 2 aromatic heterocycles. The number of hydrogen-bond donors (Lipinski definition) is 1. The van der Waals surface area contributed by atoms with E-state index in [1.165, 1.54) is 17.1 Å². The lowest BCUT2D eigenvalue weighted by atomic mass is 9.99. The van der Waals surface area contributed by atoms with Crippen LogP contribution < -0.4 is 10.4 Å². The largest absolute Gasteiger partial charge is 0.490 e. The molecular formula is C14H10F2N4O2. The quantitative estimate of drug-likeness (QED) is 0.743. The minimum absolute atomic E-state index is 0.0351. The van der Waals surface area contributed by atoms with Gasteiger partial charge < -0.3 is 9.72 Å². The van der Waals surface area contributed by atoms with Gasteiger partial charge in [-0.05, 0) is 12.1 Å². The number of aromatic amines is 1. The predicted octanol–water partition coefficient (Wildman–Crippen LogP) is 1.77. The zero-order valence-corrected chi connectivity index (χ0v) is 11.2. The second-order valence-electron chi connectivity index (χ2n) is 4.99. The fourth-order valence-corrected chi connectivity index (χ4v) is 2.85. The molecule has 1 aliphatic rings. The summed E-state index contributed by atoms with van der Waals surface area (Å²) in [5, 5.41) is 0. The molecule has 22 heavy (non-hydrogen) atoms. The van der Waals surface area contributed by atoms with E-state index >= 15 is 0 Å². The second kappa shape index (κ2) is 4.62. The van der Waals surface area contributed by atoms with Gasteiger partial charge in [0.25, 0.3) is 0 Å². The first-order valence-electron chi connectivity index (χ1n) is 6.67. The van der Waals surface area contributed by atoms with E-state index in [-0.39, 0.29) is 17.9 Å². The Morgan fingerprint density at radius 1 is 1.32 bits per heavy atom. The van der Waals surface area contributed by atoms with Gasteiger partial charge >= 0.3 is 5.69 Å². The summed E-state index contributed by atoms with van der Waals surface area (Å²) >= 11 is 0. The summed E-state index contributed by atoms with van der Waals surface area (Å²) in [4.78, 5) is 22.7. The molecule has 0 aliphatic carbocycles. The first-order chi connectivity index (χ1) is 10.7. The molecule has 0 fully saturated rings. The van der Waals surface area contributed by atoms with E-state index in [1.54, 1.807) is 0 Å². The van der Waals surface area contributed by atoms with Crippen LogP contribution in [0.25, 0.3) is 11.2 Å². The number of aromatic nitrogens is 4. The Labute approximate surface area is 122 Å². The van der Waals surface area contributed by atoms with E-state index in [9.17, 15) is 13.6 Å². The third kappa shape index (κ3) is 1.73. The fourth-order valence-electron chi connectivity index (χ4n) is 2.85. The zero-order chi connectivity index (χ0) is 15.3. The van der Waals surface area contributed by atoms with Crippen LogP contribution >= 0.6 is 0 Å². The van der Waals surface area contributed by atoms with Crippen molar-refractivity contribution in [1.29, 1.82) is 0 Å². The van der Waals surface area contributed by atoms with Crippen molar-refractivity contribution in [2.75, 3.05) is 6.61 Å². The first-order valence-corrected chi connectivity index (χ1v) is 6.67. The Bertz CT molecular complexity index is 934. The maximum absolute atomic E-state index is 14.2. The number of imidazole rings is 1. The maximum atomic E-state index is 14.2. The number of ether oxygens (including phenoxy) is 1. The predicted molar refractivity (Wildman–Crippen MR) is 72.8 cm³/mol. The number of H-pyrrole nitrogens is 1. The second-order valence-corrected chi connectivity index (χ2v) is 4.99. The van der Waals surface area contributed by atoms with Gasteiger partial charge in [-0.3, -0.25) is 4.57 Å². The molecule has 0 radical (unpaired) electrons. The van der Waals surface area contributed by atoms with Gasteiger partial charge in [0.05, 0.1) is 24.4 Å². The molecule has 0 saturated carbocycles. The molecule has 0 unspecified atom stereocenters. The maximum Gasteiger partial charge on any atom is 0.328 e. The minimum Gasteiger partial charge on any atom is -0.490 e. The van der Waals surface area contributed by atoms with Gasteiger partial charge in [-0.1, -0.05) is 0 Å². The fraction of sp³-hybridized carbons (Fsp3) is 0.214. The SMILES string of the molecule is O=c1[nH]c2cncnc2n1[C@@H]1CCOc2c(F)ccc(F)c21. The molecular weight excluding hydrogens is 294 g/mol. The van der Waals surface area contributed by atoms with Crippen LogP contribution in [0.5, 0.6) is 5.75 Å². The highest BCUT2D eigenvalue weighted by atomic mass is 19.1. The van der Waals surface area contributed by atoms with Crippen LogP contribution in [0.3, 0.4) is 0 Å². The Hall–Kier alpha value is -2.77. The molecule has 112 valence electrons. The molecule has 0 bridgehead atoms. The molecule has 0 amide bonds. The lowest BCUT2D eigenvalue weighted by Gasteiger charge is -2.27. The summed E-state index contributed by atoms with van der Waals surface area (Å²) in [6, 6.07) is 1.36. The molecule has 8 heteroatoms. The number of nitrogens with one attached hydrogen (secondary N) is 1. The van der Waals surface area contributed by atoms with E-state index < -0.39 is 23.4 Å². The monoisotopic (exact) mass is 304 g/mol. The Kier molecular flexibility index (Phi) is 2.72. The molecule has 0 saturated heterocycles. The Morgan fingerprint density at radius 3 is 3.00 bits per heavy atom. The number of fused-ring (bicyclic) bond motifs is 2.